The summed E-state index contributed by atoms with van der Waals surface area (Å²) in [6.45, 7) is 5.68. The van der Waals surface area contributed by atoms with E-state index >= 15 is 0 Å². The van der Waals surface area contributed by atoms with Crippen LogP contribution in [0.15, 0.2) is 53.7 Å². The van der Waals surface area contributed by atoms with Crippen molar-refractivity contribution in [1.29, 1.82) is 0 Å². The maximum Gasteiger partial charge on any atom is 0.416 e. The molecule has 3 aliphatic rings. The van der Waals surface area contributed by atoms with Gasteiger partial charge in [0.05, 0.1) is 23.3 Å². The normalized spacial score (nSPS) is 27.9. The molecule has 0 spiro atoms. The second kappa shape index (κ2) is 10.8. The minimum atomic E-state index is -4.95. The number of aryl methyl sites for hydroxylation is 1. The topological polar surface area (TPSA) is 49.8 Å². The predicted molar refractivity (Wildman–Crippen MR) is 140 cm³/mol. The van der Waals surface area contributed by atoms with Gasteiger partial charge >= 0.3 is 12.4 Å². The van der Waals surface area contributed by atoms with Crippen molar-refractivity contribution in [2.24, 2.45) is 11.8 Å². The number of hydrogen-bond acceptors (Lipinski definition) is 4. The number of fused-ring (bicyclic) bond motifs is 1. The summed E-state index contributed by atoms with van der Waals surface area (Å²) < 4.78 is 87.5. The summed E-state index contributed by atoms with van der Waals surface area (Å²) in [7, 11) is 0. The average Bonchev–Trinajstić information content (AvgIpc) is 3.41. The van der Waals surface area contributed by atoms with Gasteiger partial charge in [-0.2, -0.15) is 26.3 Å². The van der Waals surface area contributed by atoms with Gasteiger partial charge in [-0.15, -0.1) is 0 Å². The standard InChI is InChI=1S/C31H33F6NO3/c1-16-6-4-5-7-22(16)28-24-15-38(25-9-10-26(39)17(25)2)29(40)23(24)8-11-27(28)41-18(3)19-12-20(30(32,33)34)14-21(13-19)31(35,36)37/h4-7,12-14,18,23-24,27-29,40H,8-11,15H2,1-3H3/t18-,23+,24-,27+,28+,29?/m1/s1. The van der Waals surface area contributed by atoms with Crippen LogP contribution in [0.1, 0.15) is 79.4 Å². The fourth-order valence-corrected chi connectivity index (χ4v) is 6.97. The molecule has 1 unspecified atom stereocenters. The molecule has 1 aliphatic heterocycles. The van der Waals surface area contributed by atoms with Crippen LogP contribution in [0, 0.1) is 18.8 Å². The second-order valence-electron chi connectivity index (χ2n) is 11.5. The van der Waals surface area contributed by atoms with Crippen molar-refractivity contribution in [3.63, 3.8) is 0 Å². The SMILES string of the molecule is CC1=C(N2C[C@H]3[C@H](c4ccccc4C)[C@@H](O[C@H](C)c4cc(C(F)(F)F)cc(C(F)(F)F)c4)CC[C@@H]3C2O)CCC1=O. The number of aliphatic hydroxyl groups is 1. The first-order valence-electron chi connectivity index (χ1n) is 13.8. The Balaban J connectivity index is 1.49. The van der Waals surface area contributed by atoms with Gasteiger partial charge < -0.3 is 14.7 Å². The summed E-state index contributed by atoms with van der Waals surface area (Å²) in [6.07, 6.45) is -10.2. The van der Waals surface area contributed by atoms with Crippen LogP contribution in [0.5, 0.6) is 0 Å². The molecule has 2 fully saturated rings. The monoisotopic (exact) mass is 581 g/mol. The van der Waals surface area contributed by atoms with Crippen LogP contribution in [0.2, 0.25) is 0 Å². The number of rotatable bonds is 5. The predicted octanol–water partition coefficient (Wildman–Crippen LogP) is 7.56. The Morgan fingerprint density at radius 2 is 1.56 bits per heavy atom. The number of hydrogen-bond donors (Lipinski definition) is 1. The molecule has 6 atom stereocenters. The number of nitrogens with zero attached hydrogens (tertiary/aromatic N) is 1. The van der Waals surface area contributed by atoms with Crippen molar-refractivity contribution < 1.29 is 41.0 Å². The summed E-state index contributed by atoms with van der Waals surface area (Å²) in [4.78, 5) is 14.2. The number of carbonyl (C=O) groups excluding carboxylic acids is 1. The Hall–Kier alpha value is -2.85. The van der Waals surface area contributed by atoms with Crippen LogP contribution in [0.25, 0.3) is 0 Å². The first-order chi connectivity index (χ1) is 19.2. The van der Waals surface area contributed by atoms with Gasteiger partial charge in [0, 0.05) is 36.1 Å². The first-order valence-corrected chi connectivity index (χ1v) is 13.8. The number of benzene rings is 2. The minimum absolute atomic E-state index is 0.0619. The zero-order chi connectivity index (χ0) is 29.9. The first kappa shape index (κ1) is 29.6. The van der Waals surface area contributed by atoms with Crippen molar-refractivity contribution in [2.45, 2.75) is 83.2 Å². The fraction of sp³-hybridized carbons (Fsp3) is 0.516. The molecule has 1 saturated heterocycles. The van der Waals surface area contributed by atoms with Gasteiger partial charge in [0.1, 0.15) is 6.23 Å². The van der Waals surface area contributed by atoms with Crippen molar-refractivity contribution in [1.82, 2.24) is 4.90 Å². The molecule has 10 heteroatoms. The maximum atomic E-state index is 13.5. The Morgan fingerprint density at radius 1 is 0.927 bits per heavy atom. The molecule has 0 aromatic heterocycles. The van der Waals surface area contributed by atoms with E-state index in [4.69, 9.17) is 4.74 Å². The Morgan fingerprint density at radius 3 is 2.12 bits per heavy atom. The Bertz CT molecular complexity index is 1320. The number of aliphatic hydroxyl groups excluding tert-OH is 1. The van der Waals surface area contributed by atoms with Gasteiger partial charge in [-0.25, -0.2) is 0 Å². The lowest BCUT2D eigenvalue weighted by Gasteiger charge is -2.41. The third-order valence-corrected chi connectivity index (χ3v) is 9.10. The molecule has 41 heavy (non-hydrogen) atoms. The number of ether oxygens (including phenoxy) is 1. The number of allylic oxidation sites excluding steroid dienone is 2. The smallest absolute Gasteiger partial charge is 0.373 e. The van der Waals surface area contributed by atoms with Crippen LogP contribution in [0.4, 0.5) is 26.3 Å². The Kier molecular flexibility index (Phi) is 7.78. The molecule has 2 aliphatic carbocycles. The molecule has 222 valence electrons. The molecule has 1 N–H and O–H groups in total. The molecule has 2 aromatic rings. The summed E-state index contributed by atoms with van der Waals surface area (Å²) in [5, 5.41) is 11.4. The highest BCUT2D eigenvalue weighted by atomic mass is 19.4. The van der Waals surface area contributed by atoms with E-state index in [1.165, 1.54) is 6.92 Å². The van der Waals surface area contributed by atoms with Gasteiger partial charge in [-0.05, 0) is 80.8 Å². The highest BCUT2D eigenvalue weighted by Gasteiger charge is 2.52. The third kappa shape index (κ3) is 5.65. The molecular formula is C31H33F6NO3. The molecule has 5 rings (SSSR count). The van der Waals surface area contributed by atoms with Gasteiger partial charge in [0.25, 0.3) is 0 Å². The fourth-order valence-electron chi connectivity index (χ4n) is 6.97. The average molecular weight is 582 g/mol. The molecule has 2 aromatic carbocycles. The lowest BCUT2D eigenvalue weighted by Crippen LogP contribution is -2.40. The lowest BCUT2D eigenvalue weighted by molar-refractivity contribution is -0.143. The van der Waals surface area contributed by atoms with Crippen LogP contribution < -0.4 is 0 Å². The number of halogens is 6. The summed E-state index contributed by atoms with van der Waals surface area (Å²) in [5.74, 6) is -0.425. The van der Waals surface area contributed by atoms with Crippen molar-refractivity contribution in [3.05, 3.63) is 81.6 Å². The summed E-state index contributed by atoms with van der Waals surface area (Å²) in [6, 6.07) is 9.27. The third-order valence-electron chi connectivity index (χ3n) is 9.10. The molecule has 0 amide bonds. The molecule has 1 saturated carbocycles. The van der Waals surface area contributed by atoms with Gasteiger partial charge in [-0.1, -0.05) is 24.3 Å². The van der Waals surface area contributed by atoms with Crippen LogP contribution >= 0.6 is 0 Å². The van der Waals surface area contributed by atoms with Crippen molar-refractivity contribution in [3.8, 4) is 0 Å². The molecule has 0 radical (unpaired) electrons. The highest BCUT2D eigenvalue weighted by Crippen LogP contribution is 2.52. The largest absolute Gasteiger partial charge is 0.416 e. The minimum Gasteiger partial charge on any atom is -0.373 e. The number of likely N-dealkylation sites (tertiary alicyclic amines) is 1. The molecule has 0 bridgehead atoms. The number of alkyl halides is 6. The van der Waals surface area contributed by atoms with E-state index in [0.717, 1.165) is 29.0 Å². The zero-order valence-corrected chi connectivity index (χ0v) is 23.0. The van der Waals surface area contributed by atoms with Crippen molar-refractivity contribution >= 4 is 5.78 Å². The van der Waals surface area contributed by atoms with E-state index in [2.05, 4.69) is 0 Å². The van der Waals surface area contributed by atoms with Crippen LogP contribution in [0.3, 0.4) is 0 Å². The van der Waals surface area contributed by atoms with Gasteiger partial charge in [0.15, 0.2) is 5.78 Å². The van der Waals surface area contributed by atoms with Gasteiger partial charge in [-0.3, -0.25) is 4.79 Å². The maximum absolute atomic E-state index is 13.5. The number of ketones is 1. The van der Waals surface area contributed by atoms with E-state index in [1.807, 2.05) is 36.1 Å². The summed E-state index contributed by atoms with van der Waals surface area (Å²) >= 11 is 0. The quantitative estimate of drug-likeness (QED) is 0.371. The summed E-state index contributed by atoms with van der Waals surface area (Å²) in [5.41, 5.74) is 0.508. The molecule has 4 nitrogen and oxygen atoms in total. The van der Waals surface area contributed by atoms with Crippen molar-refractivity contribution in [2.75, 3.05) is 6.54 Å². The van der Waals surface area contributed by atoms with E-state index in [9.17, 15) is 36.2 Å². The van der Waals surface area contributed by atoms with E-state index < -0.39 is 41.9 Å². The zero-order valence-electron chi connectivity index (χ0n) is 23.0. The highest BCUT2D eigenvalue weighted by molar-refractivity contribution is 5.97. The molecule has 1 heterocycles. The van der Waals surface area contributed by atoms with E-state index in [-0.39, 0.29) is 35.2 Å². The number of carbonyl (C=O) groups is 1. The van der Waals surface area contributed by atoms with Gasteiger partial charge in [0.2, 0.25) is 0 Å². The number of Topliss-reactive ketones (excluding diaryl/α,β-unsaturated/α-hetero) is 1. The van der Waals surface area contributed by atoms with E-state index in [1.54, 1.807) is 6.92 Å². The van der Waals surface area contributed by atoms with Crippen LogP contribution in [-0.4, -0.2) is 34.7 Å². The second-order valence-corrected chi connectivity index (χ2v) is 11.5. The molecular weight excluding hydrogens is 548 g/mol. The Labute approximate surface area is 235 Å². The van der Waals surface area contributed by atoms with Crippen LogP contribution in [-0.2, 0) is 21.9 Å². The lowest BCUT2D eigenvalue weighted by atomic mass is 9.68. The van der Waals surface area contributed by atoms with E-state index in [0.29, 0.717) is 37.8 Å².